The lowest BCUT2D eigenvalue weighted by Crippen LogP contribution is -2.77. The van der Waals surface area contributed by atoms with Crippen LogP contribution in [0.5, 0.6) is 0 Å². The van der Waals surface area contributed by atoms with Crippen molar-refractivity contribution in [1.29, 1.82) is 0 Å². The summed E-state index contributed by atoms with van der Waals surface area (Å²) >= 11 is 0. The summed E-state index contributed by atoms with van der Waals surface area (Å²) in [7, 11) is 0. The Labute approximate surface area is 165 Å². The standard InChI is InChI=1S/C11H2F20O2/c12-1(13)3(14,15)5(18,19)7(22,23)9(26,27)11(30,31)10(28,29)8(24,25)6(20,21)4(16,17)2(32)33/h1H,(H,32,33)/p-1. The zero-order valence-electron chi connectivity index (χ0n) is 14.0. The molecule has 0 aromatic carbocycles. The lowest BCUT2D eigenvalue weighted by Gasteiger charge is -2.44. The van der Waals surface area contributed by atoms with E-state index in [9.17, 15) is 97.7 Å². The molecule has 0 aromatic rings. The van der Waals surface area contributed by atoms with Crippen molar-refractivity contribution in [2.45, 2.75) is 59.7 Å². The molecule has 0 N–H and O–H groups in total. The van der Waals surface area contributed by atoms with Crippen LogP contribution in [0.2, 0.25) is 0 Å². The van der Waals surface area contributed by atoms with Crippen LogP contribution < -0.4 is 5.11 Å². The second-order valence-corrected chi connectivity index (χ2v) is 5.81. The lowest BCUT2D eigenvalue weighted by molar-refractivity contribution is -0.466. The molecule has 0 aliphatic heterocycles. The third kappa shape index (κ3) is 3.52. The van der Waals surface area contributed by atoms with Gasteiger partial charge in [0.15, 0.2) is 0 Å². The summed E-state index contributed by atoms with van der Waals surface area (Å²) in [5.74, 6) is -82.3. The Morgan fingerprint density at radius 1 is 0.455 bits per heavy atom. The van der Waals surface area contributed by atoms with Gasteiger partial charge in [-0.25, -0.2) is 8.78 Å². The Bertz CT molecular complexity index is 751. The molecule has 0 bridgehead atoms. The van der Waals surface area contributed by atoms with Crippen molar-refractivity contribution in [2.24, 2.45) is 0 Å². The van der Waals surface area contributed by atoms with Crippen LogP contribution in [-0.2, 0) is 4.79 Å². The fraction of sp³-hybridized carbons (Fsp3) is 0.909. The molecule has 0 radical (unpaired) electrons. The molecule has 0 aliphatic rings. The van der Waals surface area contributed by atoms with Gasteiger partial charge in [-0.05, 0) is 0 Å². The van der Waals surface area contributed by atoms with Crippen LogP contribution in [0.25, 0.3) is 0 Å². The van der Waals surface area contributed by atoms with Crippen molar-refractivity contribution in [3.8, 4) is 0 Å². The normalized spacial score (nSPS) is 16.4. The van der Waals surface area contributed by atoms with E-state index in [-0.39, 0.29) is 0 Å². The number of rotatable bonds is 10. The molecule has 0 unspecified atom stereocenters. The summed E-state index contributed by atoms with van der Waals surface area (Å²) in [6, 6.07) is 0. The Hall–Kier alpha value is -1.93. The number of aliphatic carboxylic acids is 1. The van der Waals surface area contributed by atoms with Gasteiger partial charge in [-0.3, -0.25) is 0 Å². The fourth-order valence-electron chi connectivity index (χ4n) is 1.66. The van der Waals surface area contributed by atoms with E-state index >= 15 is 0 Å². The number of carbonyl (C=O) groups is 1. The highest BCUT2D eigenvalue weighted by Crippen LogP contribution is 2.65. The first-order valence-electron chi connectivity index (χ1n) is 6.79. The average Bonchev–Trinajstić information content (AvgIpc) is 2.59. The molecule has 0 amide bonds. The maximum absolute atomic E-state index is 13.2. The lowest BCUT2D eigenvalue weighted by atomic mass is 9.86. The summed E-state index contributed by atoms with van der Waals surface area (Å²) in [6.07, 6.45) is -6.14. The van der Waals surface area contributed by atoms with E-state index in [1.54, 1.807) is 0 Å². The second kappa shape index (κ2) is 7.54. The quantitative estimate of drug-likeness (QED) is 0.373. The van der Waals surface area contributed by atoms with Gasteiger partial charge in [0.25, 0.3) is 0 Å². The monoisotopic (exact) mass is 545 g/mol. The average molecular weight is 545 g/mol. The van der Waals surface area contributed by atoms with E-state index in [0.29, 0.717) is 0 Å². The Balaban J connectivity index is 7.03. The molecule has 0 heterocycles. The number of carbonyl (C=O) groups excluding carboxylic acids is 1. The van der Waals surface area contributed by atoms with Crippen molar-refractivity contribution >= 4 is 5.97 Å². The number of carboxylic acids is 1. The molecule has 0 saturated heterocycles. The van der Waals surface area contributed by atoms with Gasteiger partial charge in [0.1, 0.15) is 5.97 Å². The molecular weight excluding hydrogens is 544 g/mol. The maximum Gasteiger partial charge on any atom is 0.385 e. The van der Waals surface area contributed by atoms with Gasteiger partial charge in [0, 0.05) is 0 Å². The van der Waals surface area contributed by atoms with Crippen LogP contribution in [0.3, 0.4) is 0 Å². The predicted molar refractivity (Wildman–Crippen MR) is 55.5 cm³/mol. The van der Waals surface area contributed by atoms with E-state index in [1.165, 1.54) is 0 Å². The molecule has 0 atom stereocenters. The summed E-state index contributed by atoms with van der Waals surface area (Å²) in [6.45, 7) is 0. The summed E-state index contributed by atoms with van der Waals surface area (Å²) in [4.78, 5) is 9.72. The zero-order chi connectivity index (χ0) is 27.7. The Morgan fingerprint density at radius 2 is 0.667 bits per heavy atom. The molecular formula is C11HF20O2-. The molecule has 0 aromatic heterocycles. The van der Waals surface area contributed by atoms with Crippen LogP contribution in [0, 0.1) is 0 Å². The number of halogens is 20. The summed E-state index contributed by atoms with van der Waals surface area (Å²) < 4.78 is 257. The van der Waals surface area contributed by atoms with Crippen molar-refractivity contribution in [2.75, 3.05) is 0 Å². The van der Waals surface area contributed by atoms with E-state index in [1.807, 2.05) is 0 Å². The third-order valence-corrected chi connectivity index (χ3v) is 3.71. The molecule has 0 fully saturated rings. The van der Waals surface area contributed by atoms with Crippen molar-refractivity contribution in [3.63, 3.8) is 0 Å². The molecule has 0 aliphatic carbocycles. The highest BCUT2D eigenvalue weighted by Gasteiger charge is 2.96. The van der Waals surface area contributed by atoms with Gasteiger partial charge in [-0.15, -0.1) is 0 Å². The van der Waals surface area contributed by atoms with Crippen LogP contribution in [0.15, 0.2) is 0 Å². The van der Waals surface area contributed by atoms with Gasteiger partial charge in [-0.2, -0.15) is 79.0 Å². The minimum absolute atomic E-state index is 4.76. The van der Waals surface area contributed by atoms with Crippen LogP contribution >= 0.6 is 0 Å². The number of hydrogen-bond donors (Lipinski definition) is 0. The van der Waals surface area contributed by atoms with Crippen LogP contribution in [0.4, 0.5) is 87.8 Å². The third-order valence-electron chi connectivity index (χ3n) is 3.71. The van der Waals surface area contributed by atoms with Crippen LogP contribution in [0.1, 0.15) is 0 Å². The number of carboxylic acid groups (broad SMARTS) is 1. The maximum atomic E-state index is 13.2. The Kier molecular flexibility index (Phi) is 7.09. The van der Waals surface area contributed by atoms with Crippen molar-refractivity contribution in [1.82, 2.24) is 0 Å². The van der Waals surface area contributed by atoms with Gasteiger partial charge in [0.2, 0.25) is 0 Å². The van der Waals surface area contributed by atoms with Crippen LogP contribution in [-0.4, -0.2) is 65.7 Å². The molecule has 33 heavy (non-hydrogen) atoms. The van der Waals surface area contributed by atoms with Crippen molar-refractivity contribution < 1.29 is 97.7 Å². The first kappa shape index (κ1) is 31.1. The molecule has 0 saturated carbocycles. The van der Waals surface area contributed by atoms with E-state index in [0.717, 1.165) is 0 Å². The van der Waals surface area contributed by atoms with E-state index in [4.69, 9.17) is 0 Å². The largest absolute Gasteiger partial charge is 0.544 e. The molecule has 0 rings (SSSR count). The summed E-state index contributed by atoms with van der Waals surface area (Å²) in [5, 5.41) is 9.72. The smallest absolute Gasteiger partial charge is 0.385 e. The molecule has 0 spiro atoms. The highest BCUT2D eigenvalue weighted by molar-refractivity contribution is 5.75. The first-order valence-corrected chi connectivity index (χ1v) is 6.79. The minimum atomic E-state index is -9.17. The fourth-order valence-corrected chi connectivity index (χ4v) is 1.66. The Morgan fingerprint density at radius 3 is 0.879 bits per heavy atom. The van der Waals surface area contributed by atoms with E-state index in [2.05, 4.69) is 0 Å². The topological polar surface area (TPSA) is 40.1 Å². The predicted octanol–water partition coefficient (Wildman–Crippen LogP) is 4.72. The number of alkyl halides is 20. The highest BCUT2D eigenvalue weighted by atomic mass is 19.4. The van der Waals surface area contributed by atoms with Gasteiger partial charge in [0.05, 0.1) is 0 Å². The molecule has 2 nitrogen and oxygen atoms in total. The molecule has 22 heteroatoms. The zero-order valence-corrected chi connectivity index (χ0v) is 14.0. The SMILES string of the molecule is O=C([O-])C(F)(F)C(F)(F)C(F)(F)C(F)(F)C(F)(F)C(F)(F)C(F)(F)C(F)(F)C(F)(F)C(F)F. The van der Waals surface area contributed by atoms with Gasteiger partial charge >= 0.3 is 59.7 Å². The summed E-state index contributed by atoms with van der Waals surface area (Å²) in [5.41, 5.74) is 0. The molecule has 198 valence electrons. The minimum Gasteiger partial charge on any atom is -0.544 e. The first-order chi connectivity index (χ1) is 13.9. The van der Waals surface area contributed by atoms with Gasteiger partial charge < -0.3 is 9.90 Å². The number of hydrogen-bond acceptors (Lipinski definition) is 2. The second-order valence-electron chi connectivity index (χ2n) is 5.81. The van der Waals surface area contributed by atoms with Gasteiger partial charge in [-0.1, -0.05) is 0 Å². The van der Waals surface area contributed by atoms with E-state index < -0.39 is 65.7 Å². The van der Waals surface area contributed by atoms with Crippen molar-refractivity contribution in [3.05, 3.63) is 0 Å².